The van der Waals surface area contributed by atoms with Gasteiger partial charge in [0.2, 0.25) is 10.0 Å². The van der Waals surface area contributed by atoms with Gasteiger partial charge in [-0.05, 0) is 37.0 Å². The molecule has 0 fully saturated rings. The molecular weight excluding hydrogens is 320 g/mol. The minimum Gasteiger partial charge on any atom is -0.299 e. The molecule has 0 radical (unpaired) electrons. The van der Waals surface area contributed by atoms with Crippen molar-refractivity contribution in [1.82, 2.24) is 9.29 Å². The predicted molar refractivity (Wildman–Crippen MR) is 91.0 cm³/mol. The average Bonchev–Trinajstić information content (AvgIpc) is 2.74. The lowest BCUT2D eigenvalue weighted by Gasteiger charge is -2.08. The van der Waals surface area contributed by atoms with Crippen molar-refractivity contribution in [3.05, 3.63) is 27.9 Å². The predicted octanol–water partition coefficient (Wildman–Crippen LogP) is 2.80. The van der Waals surface area contributed by atoms with Crippen molar-refractivity contribution < 1.29 is 8.42 Å². The summed E-state index contributed by atoms with van der Waals surface area (Å²) in [7, 11) is -3.52. The summed E-state index contributed by atoms with van der Waals surface area (Å²) < 4.78 is 29.6. The Balaban J connectivity index is 2.31. The average molecular weight is 342 g/mol. The van der Waals surface area contributed by atoms with Gasteiger partial charge in [0.15, 0.2) is 0 Å². The summed E-state index contributed by atoms with van der Waals surface area (Å²) in [5, 5.41) is 0. The van der Waals surface area contributed by atoms with Crippen molar-refractivity contribution >= 4 is 31.6 Å². The normalized spacial score (nSPS) is 12.4. The van der Waals surface area contributed by atoms with Gasteiger partial charge in [-0.25, -0.2) is 13.1 Å². The van der Waals surface area contributed by atoms with Crippen LogP contribution in [-0.4, -0.2) is 19.5 Å². The molecule has 0 amide bonds. The molecular formula is C15H22N2O3S2. The molecule has 1 aromatic heterocycles. The third kappa shape index (κ3) is 3.77. The van der Waals surface area contributed by atoms with Gasteiger partial charge in [-0.3, -0.25) is 9.36 Å². The van der Waals surface area contributed by atoms with E-state index in [1.807, 2.05) is 20.8 Å². The van der Waals surface area contributed by atoms with Crippen molar-refractivity contribution in [2.24, 2.45) is 5.92 Å². The molecule has 1 aromatic carbocycles. The molecule has 1 N–H and O–H groups in total. The number of aryl methyl sites for hydroxylation is 1. The Kier molecular flexibility index (Phi) is 5.41. The fourth-order valence-corrected chi connectivity index (χ4v) is 4.32. The van der Waals surface area contributed by atoms with E-state index in [2.05, 4.69) is 4.72 Å². The number of nitrogens with zero attached hydrogens (tertiary/aromatic N) is 1. The zero-order valence-electron chi connectivity index (χ0n) is 13.1. The largest absolute Gasteiger partial charge is 0.308 e. The molecule has 0 atom stereocenters. The molecule has 0 aliphatic carbocycles. The lowest BCUT2D eigenvalue weighted by Crippen LogP contribution is -2.25. The van der Waals surface area contributed by atoms with E-state index in [9.17, 15) is 13.2 Å². The van der Waals surface area contributed by atoms with Gasteiger partial charge < -0.3 is 0 Å². The van der Waals surface area contributed by atoms with Crippen LogP contribution >= 0.6 is 11.3 Å². The molecule has 0 aliphatic rings. The van der Waals surface area contributed by atoms with E-state index in [-0.39, 0.29) is 9.77 Å². The van der Waals surface area contributed by atoms with E-state index in [1.54, 1.807) is 22.8 Å². The van der Waals surface area contributed by atoms with E-state index >= 15 is 0 Å². The maximum absolute atomic E-state index is 12.3. The van der Waals surface area contributed by atoms with Gasteiger partial charge in [-0.15, -0.1) is 0 Å². The van der Waals surface area contributed by atoms with Crippen LogP contribution in [0.3, 0.4) is 0 Å². The molecule has 2 aromatic rings. The standard InChI is InChI=1S/C15H22N2O3S2/c1-4-9-17-13-6-5-12(10-14(13)21-15(17)18)22(19,20)16-8-7-11(2)3/h5-6,10-11,16H,4,7-9H2,1-3H3. The highest BCUT2D eigenvalue weighted by Gasteiger charge is 2.16. The third-order valence-corrected chi connectivity index (χ3v) is 5.81. The van der Waals surface area contributed by atoms with Gasteiger partial charge >= 0.3 is 4.87 Å². The Morgan fingerprint density at radius 3 is 2.68 bits per heavy atom. The Labute approximate surface area is 135 Å². The molecule has 5 nitrogen and oxygen atoms in total. The summed E-state index contributed by atoms with van der Waals surface area (Å²) >= 11 is 1.09. The van der Waals surface area contributed by atoms with Gasteiger partial charge in [0.05, 0.1) is 15.1 Å². The minimum absolute atomic E-state index is 0.0424. The van der Waals surface area contributed by atoms with E-state index in [0.717, 1.165) is 29.7 Å². The molecule has 0 saturated carbocycles. The highest BCUT2D eigenvalue weighted by Crippen LogP contribution is 2.22. The summed E-state index contributed by atoms with van der Waals surface area (Å²) in [5.41, 5.74) is 0.804. The molecule has 0 unspecified atom stereocenters. The van der Waals surface area contributed by atoms with Gasteiger partial charge in [0.1, 0.15) is 0 Å². The lowest BCUT2D eigenvalue weighted by atomic mass is 10.1. The van der Waals surface area contributed by atoms with Crippen LogP contribution in [0.4, 0.5) is 0 Å². The minimum atomic E-state index is -3.52. The highest BCUT2D eigenvalue weighted by molar-refractivity contribution is 7.89. The van der Waals surface area contributed by atoms with E-state index < -0.39 is 10.0 Å². The number of fused-ring (bicyclic) bond motifs is 1. The van der Waals surface area contributed by atoms with Crippen molar-refractivity contribution in [2.45, 2.75) is 45.1 Å². The first-order chi connectivity index (χ1) is 10.3. The maximum atomic E-state index is 12.3. The molecule has 1 heterocycles. The van der Waals surface area contributed by atoms with E-state index in [0.29, 0.717) is 23.7 Å². The molecule has 0 spiro atoms. The fraction of sp³-hybridized carbons (Fsp3) is 0.533. The summed E-state index contributed by atoms with van der Waals surface area (Å²) in [6, 6.07) is 4.88. The molecule has 0 saturated heterocycles. The zero-order chi connectivity index (χ0) is 16.3. The van der Waals surface area contributed by atoms with Gasteiger partial charge in [0.25, 0.3) is 0 Å². The SMILES string of the molecule is CCCn1c(=O)sc2cc(S(=O)(=O)NCCC(C)C)ccc21. The molecule has 0 bridgehead atoms. The summed E-state index contributed by atoms with van der Waals surface area (Å²) in [5.74, 6) is 0.443. The Morgan fingerprint density at radius 2 is 2.05 bits per heavy atom. The molecule has 22 heavy (non-hydrogen) atoms. The number of benzene rings is 1. The van der Waals surface area contributed by atoms with Crippen LogP contribution in [0, 0.1) is 5.92 Å². The fourth-order valence-electron chi connectivity index (χ4n) is 2.21. The van der Waals surface area contributed by atoms with Crippen LogP contribution in [-0.2, 0) is 16.6 Å². The van der Waals surface area contributed by atoms with Crippen LogP contribution in [0.1, 0.15) is 33.6 Å². The number of nitrogens with one attached hydrogen (secondary N) is 1. The maximum Gasteiger partial charge on any atom is 0.308 e. The Morgan fingerprint density at radius 1 is 1.32 bits per heavy atom. The van der Waals surface area contributed by atoms with Crippen LogP contribution < -0.4 is 9.60 Å². The van der Waals surface area contributed by atoms with Crippen LogP contribution in [0.2, 0.25) is 0 Å². The van der Waals surface area contributed by atoms with Crippen molar-refractivity contribution in [3.63, 3.8) is 0 Å². The molecule has 7 heteroatoms. The Hall–Kier alpha value is -1.18. The Bertz CT molecular complexity index is 804. The van der Waals surface area contributed by atoms with Gasteiger partial charge in [0, 0.05) is 13.1 Å². The number of thiazole rings is 1. The summed E-state index contributed by atoms with van der Waals surface area (Å²) in [4.78, 5) is 12.1. The number of aromatic nitrogens is 1. The first-order valence-electron chi connectivity index (χ1n) is 7.48. The van der Waals surface area contributed by atoms with Gasteiger partial charge in [-0.1, -0.05) is 32.1 Å². The monoisotopic (exact) mass is 342 g/mol. The number of hydrogen-bond acceptors (Lipinski definition) is 4. The summed E-state index contributed by atoms with van der Waals surface area (Å²) in [6.07, 6.45) is 1.66. The number of hydrogen-bond donors (Lipinski definition) is 1. The smallest absolute Gasteiger partial charge is 0.299 e. The van der Waals surface area contributed by atoms with Crippen LogP contribution in [0.15, 0.2) is 27.9 Å². The summed E-state index contributed by atoms with van der Waals surface area (Å²) in [6.45, 7) is 7.18. The topological polar surface area (TPSA) is 68.2 Å². The van der Waals surface area contributed by atoms with Crippen LogP contribution in [0.25, 0.3) is 10.2 Å². The number of sulfonamides is 1. The first kappa shape index (κ1) is 17.2. The second kappa shape index (κ2) is 6.93. The zero-order valence-corrected chi connectivity index (χ0v) is 14.8. The van der Waals surface area contributed by atoms with Crippen LogP contribution in [0.5, 0.6) is 0 Å². The second-order valence-electron chi connectivity index (χ2n) is 5.73. The van der Waals surface area contributed by atoms with E-state index in [4.69, 9.17) is 0 Å². The lowest BCUT2D eigenvalue weighted by molar-refractivity contribution is 0.551. The first-order valence-corrected chi connectivity index (χ1v) is 9.78. The van der Waals surface area contributed by atoms with Crippen molar-refractivity contribution in [1.29, 1.82) is 0 Å². The third-order valence-electron chi connectivity index (χ3n) is 3.41. The molecule has 0 aliphatic heterocycles. The highest BCUT2D eigenvalue weighted by atomic mass is 32.2. The second-order valence-corrected chi connectivity index (χ2v) is 8.49. The molecule has 2 rings (SSSR count). The van der Waals surface area contributed by atoms with Gasteiger partial charge in [-0.2, -0.15) is 0 Å². The quantitative estimate of drug-likeness (QED) is 0.841. The van der Waals surface area contributed by atoms with Crippen molar-refractivity contribution in [2.75, 3.05) is 6.54 Å². The number of rotatable bonds is 7. The van der Waals surface area contributed by atoms with Crippen molar-refractivity contribution in [3.8, 4) is 0 Å². The molecule has 122 valence electrons. The van der Waals surface area contributed by atoms with E-state index in [1.165, 1.54) is 0 Å².